The van der Waals surface area contributed by atoms with Crippen molar-refractivity contribution in [3.63, 3.8) is 0 Å². The Hall–Kier alpha value is -2.73. The second-order valence-corrected chi connectivity index (χ2v) is 4.71. The van der Waals surface area contributed by atoms with E-state index in [-0.39, 0.29) is 12.3 Å². The maximum Gasteiger partial charge on any atom is 0.348 e. The van der Waals surface area contributed by atoms with Crippen LogP contribution in [0.2, 0.25) is 0 Å². The molecule has 0 aliphatic heterocycles. The van der Waals surface area contributed by atoms with Crippen LogP contribution in [0.4, 0.5) is 4.39 Å². The monoisotopic (exact) mass is 299 g/mol. The number of nitrogens with one attached hydrogen (secondary N) is 1. The molecule has 5 nitrogen and oxygen atoms in total. The molecular weight excluding hydrogens is 285 g/mol. The van der Waals surface area contributed by atoms with Crippen molar-refractivity contribution in [2.75, 3.05) is 0 Å². The molecule has 1 aromatic heterocycles. The maximum atomic E-state index is 13.9. The number of hydrogen-bond acceptors (Lipinski definition) is 3. The Morgan fingerprint density at radius 2 is 1.77 bits per heavy atom. The highest BCUT2D eigenvalue weighted by molar-refractivity contribution is 5.33. The van der Waals surface area contributed by atoms with Crippen LogP contribution in [0.15, 0.2) is 59.4 Å². The Kier molecular flexibility index (Phi) is 4.11. The van der Waals surface area contributed by atoms with Gasteiger partial charge in [-0.15, -0.1) is 0 Å². The molecule has 3 aromatic rings. The van der Waals surface area contributed by atoms with Crippen LogP contribution in [0.3, 0.4) is 0 Å². The largest absolute Gasteiger partial charge is 0.369 e. The van der Waals surface area contributed by atoms with Crippen molar-refractivity contribution < 1.29 is 9.13 Å². The van der Waals surface area contributed by atoms with Gasteiger partial charge in [-0.25, -0.2) is 18.9 Å². The van der Waals surface area contributed by atoms with Gasteiger partial charge in [-0.3, -0.25) is 0 Å². The molecule has 6 heteroatoms. The number of nitrogens with zero attached hydrogens (tertiary/aromatic N) is 2. The molecule has 0 fully saturated rings. The zero-order chi connectivity index (χ0) is 15.4. The Labute approximate surface area is 126 Å². The number of ether oxygens (including phenoxy) is 1. The fourth-order valence-electron chi connectivity index (χ4n) is 2.14. The Bertz CT molecular complexity index is 812. The quantitative estimate of drug-likeness (QED) is 0.787. The zero-order valence-corrected chi connectivity index (χ0v) is 11.7. The van der Waals surface area contributed by atoms with Crippen molar-refractivity contribution in [2.24, 2.45) is 0 Å². The second kappa shape index (κ2) is 6.36. The molecule has 1 N–H and O–H groups in total. The first kappa shape index (κ1) is 14.2. The second-order valence-electron chi connectivity index (χ2n) is 4.71. The van der Waals surface area contributed by atoms with Gasteiger partial charge in [0, 0.05) is 0 Å². The fourth-order valence-corrected chi connectivity index (χ4v) is 2.14. The van der Waals surface area contributed by atoms with Crippen LogP contribution < -0.4 is 5.69 Å². The van der Waals surface area contributed by atoms with Crippen LogP contribution in [0.1, 0.15) is 11.4 Å². The van der Waals surface area contributed by atoms with Gasteiger partial charge in [-0.2, -0.15) is 5.10 Å². The van der Waals surface area contributed by atoms with Gasteiger partial charge < -0.3 is 4.74 Å². The lowest BCUT2D eigenvalue weighted by atomic mass is 10.2. The molecule has 0 aliphatic rings. The number of H-pyrrole nitrogens is 1. The van der Waals surface area contributed by atoms with Gasteiger partial charge in [-0.05, 0) is 17.7 Å². The van der Waals surface area contributed by atoms with Crippen molar-refractivity contribution >= 4 is 0 Å². The predicted molar refractivity (Wildman–Crippen MR) is 79.1 cm³/mol. The van der Waals surface area contributed by atoms with E-state index in [1.807, 2.05) is 30.3 Å². The number of hydrogen-bond donors (Lipinski definition) is 1. The number of aromatic nitrogens is 3. The molecule has 2 aromatic carbocycles. The number of aromatic amines is 1. The third-order valence-corrected chi connectivity index (χ3v) is 3.18. The number of rotatable bonds is 5. The highest BCUT2D eigenvalue weighted by atomic mass is 19.1. The van der Waals surface area contributed by atoms with Crippen molar-refractivity contribution in [1.29, 1.82) is 0 Å². The van der Waals surface area contributed by atoms with Crippen LogP contribution in [0.5, 0.6) is 0 Å². The summed E-state index contributed by atoms with van der Waals surface area (Å²) < 4.78 is 20.6. The summed E-state index contributed by atoms with van der Waals surface area (Å²) in [5, 5.41) is 6.22. The lowest BCUT2D eigenvalue weighted by Crippen LogP contribution is -2.18. The van der Waals surface area contributed by atoms with Crippen LogP contribution >= 0.6 is 0 Å². The van der Waals surface area contributed by atoms with E-state index < -0.39 is 11.5 Å². The Morgan fingerprint density at radius 3 is 2.55 bits per heavy atom. The molecule has 0 saturated carbocycles. The van der Waals surface area contributed by atoms with Crippen molar-refractivity contribution in [1.82, 2.24) is 14.8 Å². The van der Waals surface area contributed by atoms with Gasteiger partial charge in [-0.1, -0.05) is 42.5 Å². The van der Waals surface area contributed by atoms with Gasteiger partial charge >= 0.3 is 5.69 Å². The van der Waals surface area contributed by atoms with E-state index in [0.717, 1.165) is 5.56 Å². The van der Waals surface area contributed by atoms with E-state index in [1.165, 1.54) is 16.7 Å². The highest BCUT2D eigenvalue weighted by Crippen LogP contribution is 2.13. The lowest BCUT2D eigenvalue weighted by molar-refractivity contribution is 0.100. The number of halogens is 1. The molecule has 0 spiro atoms. The molecular formula is C16H14FN3O2. The summed E-state index contributed by atoms with van der Waals surface area (Å²) in [7, 11) is 0. The molecule has 22 heavy (non-hydrogen) atoms. The first-order valence-electron chi connectivity index (χ1n) is 6.78. The lowest BCUT2D eigenvalue weighted by Gasteiger charge is -2.07. The fraction of sp³-hybridized carbons (Fsp3) is 0.125. The van der Waals surface area contributed by atoms with E-state index in [2.05, 4.69) is 10.2 Å². The third kappa shape index (κ3) is 2.96. The minimum absolute atomic E-state index is 0.0992. The summed E-state index contributed by atoms with van der Waals surface area (Å²) >= 11 is 0. The highest BCUT2D eigenvalue weighted by Gasteiger charge is 2.13. The van der Waals surface area contributed by atoms with Gasteiger partial charge in [0.15, 0.2) is 5.82 Å². The van der Waals surface area contributed by atoms with Gasteiger partial charge in [0.1, 0.15) is 12.4 Å². The van der Waals surface area contributed by atoms with E-state index in [4.69, 9.17) is 4.74 Å². The molecule has 1 heterocycles. The molecule has 0 bridgehead atoms. The van der Waals surface area contributed by atoms with Crippen LogP contribution in [0, 0.1) is 5.82 Å². The SMILES string of the molecule is O=c1[nH]nc(COCc2ccccc2)n1-c1ccccc1F. The minimum Gasteiger partial charge on any atom is -0.369 e. The van der Waals surface area contributed by atoms with Gasteiger partial charge in [0.25, 0.3) is 0 Å². The van der Waals surface area contributed by atoms with Crippen LogP contribution in [-0.4, -0.2) is 14.8 Å². The Balaban J connectivity index is 1.78. The first-order valence-corrected chi connectivity index (χ1v) is 6.78. The first-order chi connectivity index (χ1) is 10.8. The third-order valence-electron chi connectivity index (χ3n) is 3.18. The molecule has 0 unspecified atom stereocenters. The van der Waals surface area contributed by atoms with E-state index in [0.29, 0.717) is 12.4 Å². The summed E-state index contributed by atoms with van der Waals surface area (Å²) in [4.78, 5) is 11.8. The molecule has 0 radical (unpaired) electrons. The van der Waals surface area contributed by atoms with Gasteiger partial charge in [0.2, 0.25) is 0 Å². The van der Waals surface area contributed by atoms with Crippen LogP contribution in [0.25, 0.3) is 5.69 Å². The summed E-state index contributed by atoms with van der Waals surface area (Å²) in [6.45, 7) is 0.487. The molecule has 0 saturated heterocycles. The van der Waals surface area contributed by atoms with E-state index in [9.17, 15) is 9.18 Å². The summed E-state index contributed by atoms with van der Waals surface area (Å²) in [6, 6.07) is 15.7. The number of para-hydroxylation sites is 1. The summed E-state index contributed by atoms with van der Waals surface area (Å²) in [5.41, 5.74) is 0.667. The standard InChI is InChI=1S/C16H14FN3O2/c17-13-8-4-5-9-14(13)20-15(18-19-16(20)21)11-22-10-12-6-2-1-3-7-12/h1-9H,10-11H2,(H,19,21). The average Bonchev–Trinajstić information content (AvgIpc) is 2.90. The smallest absolute Gasteiger partial charge is 0.348 e. The molecule has 3 rings (SSSR count). The normalized spacial score (nSPS) is 10.8. The molecule has 0 aliphatic carbocycles. The van der Waals surface area contributed by atoms with Gasteiger partial charge in [0.05, 0.1) is 12.3 Å². The minimum atomic E-state index is -0.497. The molecule has 0 atom stereocenters. The zero-order valence-electron chi connectivity index (χ0n) is 11.7. The summed E-state index contributed by atoms with van der Waals surface area (Å²) in [5.74, 6) is -0.165. The van der Waals surface area contributed by atoms with Crippen molar-refractivity contribution in [3.8, 4) is 5.69 Å². The number of benzene rings is 2. The average molecular weight is 299 g/mol. The predicted octanol–water partition coefficient (Wildman–Crippen LogP) is 2.42. The van der Waals surface area contributed by atoms with E-state index >= 15 is 0 Å². The van der Waals surface area contributed by atoms with Crippen LogP contribution in [-0.2, 0) is 18.0 Å². The Morgan fingerprint density at radius 1 is 1.05 bits per heavy atom. The topological polar surface area (TPSA) is 59.9 Å². The maximum absolute atomic E-state index is 13.9. The van der Waals surface area contributed by atoms with E-state index in [1.54, 1.807) is 12.1 Å². The van der Waals surface area contributed by atoms with Crippen molar-refractivity contribution in [3.05, 3.63) is 82.3 Å². The van der Waals surface area contributed by atoms with Crippen molar-refractivity contribution in [2.45, 2.75) is 13.2 Å². The summed E-state index contributed by atoms with van der Waals surface area (Å²) in [6.07, 6.45) is 0. The molecule has 112 valence electrons. The molecule has 0 amide bonds.